The number of nitrogens with one attached hydrogen (secondary N) is 1. The molecule has 3 rings (SSSR count). The predicted molar refractivity (Wildman–Crippen MR) is 79.8 cm³/mol. The minimum atomic E-state index is -0.485. The molecule has 0 saturated heterocycles. The molecule has 0 bridgehead atoms. The Morgan fingerprint density at radius 2 is 2.19 bits per heavy atom. The molecule has 1 heterocycles. The Morgan fingerprint density at radius 1 is 1.48 bits per heavy atom. The van der Waals surface area contributed by atoms with Gasteiger partial charge in [-0.1, -0.05) is 43.3 Å². The van der Waals surface area contributed by atoms with Gasteiger partial charge in [0.15, 0.2) is 0 Å². The van der Waals surface area contributed by atoms with Crippen molar-refractivity contribution < 1.29 is 10.0 Å². The Morgan fingerprint density at radius 3 is 2.81 bits per heavy atom. The van der Waals surface area contributed by atoms with E-state index in [9.17, 15) is 15.2 Å². The van der Waals surface area contributed by atoms with Crippen LogP contribution in [0.3, 0.4) is 0 Å². The number of allylic oxidation sites excluding steroid dienone is 2. The molecule has 3 unspecified atom stereocenters. The van der Waals surface area contributed by atoms with Crippen LogP contribution in [0.15, 0.2) is 18.2 Å². The smallest absolute Gasteiger partial charge is 0.293 e. The van der Waals surface area contributed by atoms with Crippen molar-refractivity contribution in [1.82, 2.24) is 0 Å². The minimum Gasteiger partial charge on any atom is -0.871 e. The molecule has 21 heavy (non-hydrogen) atoms. The maximum absolute atomic E-state index is 12.2. The maximum Gasteiger partial charge on any atom is 0.293 e. The molecule has 2 aliphatic rings. The first-order chi connectivity index (χ1) is 9.91. The van der Waals surface area contributed by atoms with E-state index in [0.717, 1.165) is 12.5 Å². The van der Waals surface area contributed by atoms with Crippen LogP contribution >= 0.6 is 11.6 Å². The number of fused-ring (bicyclic) bond motifs is 3. The quantitative estimate of drug-likeness (QED) is 0.516. The van der Waals surface area contributed by atoms with E-state index in [1.165, 1.54) is 0 Å². The molecule has 0 aromatic heterocycles. The molecule has 0 spiro atoms. The van der Waals surface area contributed by atoms with Crippen LogP contribution in [0.1, 0.15) is 31.7 Å². The molecule has 3 atom stereocenters. The van der Waals surface area contributed by atoms with Gasteiger partial charge >= 0.3 is 0 Å². The van der Waals surface area contributed by atoms with Crippen LogP contribution < -0.4 is 10.4 Å². The summed E-state index contributed by atoms with van der Waals surface area (Å²) >= 11 is 5.96. The van der Waals surface area contributed by atoms with Gasteiger partial charge in [-0.2, -0.15) is 0 Å². The monoisotopic (exact) mass is 307 g/mol. The highest BCUT2D eigenvalue weighted by Gasteiger charge is 2.42. The first-order valence-corrected chi connectivity index (χ1v) is 7.40. The summed E-state index contributed by atoms with van der Waals surface area (Å²) in [5, 5.41) is 26.8. The third-order valence-electron chi connectivity index (χ3n) is 4.47. The average molecular weight is 308 g/mol. The van der Waals surface area contributed by atoms with E-state index < -0.39 is 4.92 Å². The van der Waals surface area contributed by atoms with Crippen LogP contribution in [0.4, 0.5) is 11.4 Å². The largest absolute Gasteiger partial charge is 0.871 e. The Labute approximate surface area is 127 Å². The van der Waals surface area contributed by atoms with Gasteiger partial charge in [-0.25, -0.2) is 0 Å². The predicted octanol–water partition coefficient (Wildman–Crippen LogP) is 3.43. The third-order valence-corrected chi connectivity index (χ3v) is 4.76. The summed E-state index contributed by atoms with van der Waals surface area (Å²) in [6.07, 6.45) is 4.87. The zero-order valence-corrected chi connectivity index (χ0v) is 12.6. The van der Waals surface area contributed by atoms with Crippen LogP contribution in [0, 0.1) is 22.0 Å². The molecule has 0 fully saturated rings. The van der Waals surface area contributed by atoms with Crippen LogP contribution in [0.25, 0.3) is 0 Å². The number of nitro groups is 1. The standard InChI is InChI=1S/C15H17ClN2O3/c1-7(2)13-9-5-3-4-8(9)12-14(17-13)11(19)6-10(16)15(12)18(20)21/h3-4,6-9,13,17,19H,5H2,1-2H3/p-1. The topological polar surface area (TPSA) is 78.2 Å². The first kappa shape index (κ1) is 14.2. The van der Waals surface area contributed by atoms with Gasteiger partial charge in [-0.3, -0.25) is 10.1 Å². The minimum absolute atomic E-state index is 0.0763. The Balaban J connectivity index is 2.24. The van der Waals surface area contributed by atoms with Gasteiger partial charge in [0, 0.05) is 17.6 Å². The molecule has 0 radical (unpaired) electrons. The molecule has 1 aliphatic carbocycles. The highest BCUT2D eigenvalue weighted by molar-refractivity contribution is 6.33. The summed E-state index contributed by atoms with van der Waals surface area (Å²) in [4.78, 5) is 10.9. The lowest BCUT2D eigenvalue weighted by Crippen LogP contribution is -2.40. The van der Waals surface area contributed by atoms with Crippen LogP contribution in [-0.4, -0.2) is 11.0 Å². The van der Waals surface area contributed by atoms with E-state index in [1.54, 1.807) is 0 Å². The van der Waals surface area contributed by atoms with Crippen molar-refractivity contribution >= 4 is 23.0 Å². The zero-order valence-electron chi connectivity index (χ0n) is 11.8. The lowest BCUT2D eigenvalue weighted by molar-refractivity contribution is -0.385. The Bertz CT molecular complexity index is 642. The number of halogens is 1. The number of nitrogens with zero attached hydrogens (tertiary/aromatic N) is 1. The molecular weight excluding hydrogens is 292 g/mol. The molecule has 1 aromatic rings. The van der Waals surface area contributed by atoms with Crippen molar-refractivity contribution in [2.75, 3.05) is 5.32 Å². The van der Waals surface area contributed by atoms with E-state index in [-0.39, 0.29) is 34.3 Å². The lowest BCUT2D eigenvalue weighted by atomic mass is 9.75. The molecule has 5 nitrogen and oxygen atoms in total. The summed E-state index contributed by atoms with van der Waals surface area (Å²) < 4.78 is 0. The fraction of sp³-hybridized carbons (Fsp3) is 0.467. The number of rotatable bonds is 2. The third kappa shape index (κ3) is 2.07. The molecular formula is C15H16ClN2O3-. The zero-order chi connectivity index (χ0) is 15.3. The first-order valence-electron chi connectivity index (χ1n) is 7.02. The summed E-state index contributed by atoms with van der Waals surface area (Å²) in [5.74, 6) is 0.180. The highest BCUT2D eigenvalue weighted by atomic mass is 35.5. The number of anilines is 1. The molecule has 6 heteroatoms. The summed E-state index contributed by atoms with van der Waals surface area (Å²) in [7, 11) is 0. The second-order valence-corrected chi connectivity index (χ2v) is 6.43. The molecule has 1 aromatic carbocycles. The SMILES string of the molecule is CC(C)C1Nc2c([O-])cc(Cl)c([N+](=O)[O-])c2C2C=CCC21. The van der Waals surface area contributed by atoms with E-state index in [2.05, 4.69) is 19.2 Å². The van der Waals surface area contributed by atoms with Crippen molar-refractivity contribution in [2.24, 2.45) is 11.8 Å². The molecule has 0 amide bonds. The summed E-state index contributed by atoms with van der Waals surface area (Å²) in [6, 6.07) is 1.27. The molecule has 1 aliphatic heterocycles. The van der Waals surface area contributed by atoms with Gasteiger partial charge in [-0.15, -0.1) is 0 Å². The second-order valence-electron chi connectivity index (χ2n) is 6.02. The van der Waals surface area contributed by atoms with Gasteiger partial charge < -0.3 is 10.4 Å². The number of hydrogen-bond acceptors (Lipinski definition) is 4. The van der Waals surface area contributed by atoms with Gasteiger partial charge in [0.1, 0.15) is 5.02 Å². The van der Waals surface area contributed by atoms with Crippen LogP contribution in [0.2, 0.25) is 5.02 Å². The van der Waals surface area contributed by atoms with Crippen molar-refractivity contribution in [3.8, 4) is 5.75 Å². The van der Waals surface area contributed by atoms with Crippen molar-refractivity contribution in [3.63, 3.8) is 0 Å². The average Bonchev–Trinajstić information content (AvgIpc) is 2.86. The van der Waals surface area contributed by atoms with Crippen molar-refractivity contribution in [3.05, 3.63) is 38.9 Å². The van der Waals surface area contributed by atoms with Crippen molar-refractivity contribution in [2.45, 2.75) is 32.2 Å². The Kier molecular flexibility index (Phi) is 3.32. The van der Waals surface area contributed by atoms with Gasteiger partial charge in [0.2, 0.25) is 0 Å². The number of nitro benzene ring substituents is 1. The molecule has 1 N–H and O–H groups in total. The lowest BCUT2D eigenvalue weighted by Gasteiger charge is -2.41. The Hall–Kier alpha value is -1.75. The van der Waals surface area contributed by atoms with Crippen LogP contribution in [-0.2, 0) is 0 Å². The van der Waals surface area contributed by atoms with E-state index in [0.29, 0.717) is 17.2 Å². The second kappa shape index (κ2) is 4.91. The number of hydrogen-bond donors (Lipinski definition) is 1. The van der Waals surface area contributed by atoms with Gasteiger partial charge in [0.05, 0.1) is 10.5 Å². The molecule has 0 saturated carbocycles. The summed E-state index contributed by atoms with van der Waals surface area (Å²) in [6.45, 7) is 4.18. The van der Waals surface area contributed by atoms with E-state index in [1.807, 2.05) is 12.2 Å². The van der Waals surface area contributed by atoms with Crippen LogP contribution in [0.5, 0.6) is 5.75 Å². The maximum atomic E-state index is 12.2. The highest BCUT2D eigenvalue weighted by Crippen LogP contribution is 2.53. The van der Waals surface area contributed by atoms with Crippen molar-refractivity contribution in [1.29, 1.82) is 0 Å². The molecule has 112 valence electrons. The van der Waals surface area contributed by atoms with Gasteiger partial charge in [-0.05, 0) is 24.3 Å². The fourth-order valence-corrected chi connectivity index (χ4v) is 3.85. The summed E-state index contributed by atoms with van der Waals surface area (Å²) in [5.41, 5.74) is 0.660. The number of benzene rings is 1. The fourth-order valence-electron chi connectivity index (χ4n) is 3.58. The van der Waals surface area contributed by atoms with E-state index in [4.69, 9.17) is 11.6 Å². The van der Waals surface area contributed by atoms with E-state index >= 15 is 0 Å². The van der Waals surface area contributed by atoms with Gasteiger partial charge in [0.25, 0.3) is 5.69 Å². The normalized spacial score (nSPS) is 26.4.